The van der Waals surface area contributed by atoms with E-state index in [0.717, 1.165) is 31.7 Å². The van der Waals surface area contributed by atoms with Crippen molar-refractivity contribution >= 4 is 28.9 Å². The van der Waals surface area contributed by atoms with E-state index in [1.807, 2.05) is 22.7 Å². The number of rotatable bonds is 3. The molecule has 4 heteroatoms. The highest BCUT2D eigenvalue weighted by molar-refractivity contribution is 7.99. The monoisotopic (exact) mass is 364 g/mol. The van der Waals surface area contributed by atoms with Gasteiger partial charge >= 0.3 is 0 Å². The van der Waals surface area contributed by atoms with E-state index >= 15 is 0 Å². The van der Waals surface area contributed by atoms with Crippen molar-refractivity contribution in [3.05, 3.63) is 66.2 Å². The van der Waals surface area contributed by atoms with Crippen LogP contribution in [0.25, 0.3) is 5.57 Å². The molecule has 0 aromatic heterocycles. The summed E-state index contributed by atoms with van der Waals surface area (Å²) in [5.74, 6) is 1.35. The first-order valence-electron chi connectivity index (χ1n) is 9.30. The summed E-state index contributed by atoms with van der Waals surface area (Å²) in [5, 5.41) is 0. The number of carbonyl (C=O) groups excluding carboxylic acids is 1. The molecule has 0 spiro atoms. The first kappa shape index (κ1) is 17.2. The molecule has 3 nitrogen and oxygen atoms in total. The minimum Gasteiger partial charge on any atom is -0.361 e. The third kappa shape index (κ3) is 3.80. The average molecular weight is 365 g/mol. The maximum absolute atomic E-state index is 12.9. The quantitative estimate of drug-likeness (QED) is 0.811. The summed E-state index contributed by atoms with van der Waals surface area (Å²) in [4.78, 5) is 18.4. The molecule has 0 saturated heterocycles. The molecule has 1 amide bonds. The molecule has 0 fully saturated rings. The lowest BCUT2D eigenvalue weighted by Crippen LogP contribution is -2.42. The lowest BCUT2D eigenvalue weighted by molar-refractivity contribution is -0.129. The Balaban J connectivity index is 1.42. The van der Waals surface area contributed by atoms with Crippen LogP contribution >= 0.6 is 11.8 Å². The third-order valence-corrected chi connectivity index (χ3v) is 6.22. The van der Waals surface area contributed by atoms with Gasteiger partial charge in [-0.05, 0) is 41.9 Å². The van der Waals surface area contributed by atoms with E-state index < -0.39 is 0 Å². The largest absolute Gasteiger partial charge is 0.361 e. The fourth-order valence-electron chi connectivity index (χ4n) is 3.64. The van der Waals surface area contributed by atoms with Crippen LogP contribution in [-0.2, 0) is 4.79 Å². The van der Waals surface area contributed by atoms with Crippen molar-refractivity contribution in [2.24, 2.45) is 0 Å². The number of amides is 1. The zero-order valence-corrected chi connectivity index (χ0v) is 15.8. The van der Waals surface area contributed by atoms with E-state index in [9.17, 15) is 4.79 Å². The van der Waals surface area contributed by atoms with Gasteiger partial charge in [-0.15, -0.1) is 11.8 Å². The van der Waals surface area contributed by atoms with Gasteiger partial charge in [0.15, 0.2) is 0 Å². The molecule has 26 heavy (non-hydrogen) atoms. The van der Waals surface area contributed by atoms with Crippen molar-refractivity contribution in [2.45, 2.75) is 17.7 Å². The van der Waals surface area contributed by atoms with Gasteiger partial charge in [0.2, 0.25) is 5.91 Å². The molecule has 0 atom stereocenters. The second-order valence-electron chi connectivity index (χ2n) is 6.78. The van der Waals surface area contributed by atoms with Crippen LogP contribution in [0.1, 0.15) is 18.4 Å². The van der Waals surface area contributed by atoms with Crippen molar-refractivity contribution in [1.29, 1.82) is 0 Å². The van der Waals surface area contributed by atoms with Crippen LogP contribution in [0.3, 0.4) is 0 Å². The highest BCUT2D eigenvalue weighted by Crippen LogP contribution is 2.33. The Kier molecular flexibility index (Phi) is 5.30. The van der Waals surface area contributed by atoms with Crippen molar-refractivity contribution in [3.8, 4) is 0 Å². The Morgan fingerprint density at radius 3 is 2.62 bits per heavy atom. The van der Waals surface area contributed by atoms with Gasteiger partial charge in [0.1, 0.15) is 0 Å². The normalized spacial score (nSPS) is 17.3. The SMILES string of the molecule is O=C(CN1CCCSc2ccccc21)N1CC=C(c2ccccc2)CC1. The zero-order chi connectivity index (χ0) is 17.8. The van der Waals surface area contributed by atoms with E-state index in [0.29, 0.717) is 13.1 Å². The predicted molar refractivity (Wildman–Crippen MR) is 110 cm³/mol. The minimum atomic E-state index is 0.232. The summed E-state index contributed by atoms with van der Waals surface area (Å²) >= 11 is 1.90. The summed E-state index contributed by atoms with van der Waals surface area (Å²) < 4.78 is 0. The maximum atomic E-state index is 12.9. The number of hydrogen-bond donors (Lipinski definition) is 0. The van der Waals surface area contributed by atoms with Crippen LogP contribution in [0.15, 0.2) is 65.6 Å². The first-order valence-corrected chi connectivity index (χ1v) is 10.3. The molecular weight excluding hydrogens is 340 g/mol. The number of hydrogen-bond acceptors (Lipinski definition) is 3. The van der Waals surface area contributed by atoms with E-state index in [2.05, 4.69) is 59.5 Å². The molecule has 2 aliphatic rings. The van der Waals surface area contributed by atoms with Crippen LogP contribution in [-0.4, -0.2) is 42.7 Å². The number of fused-ring (bicyclic) bond motifs is 1. The first-order chi connectivity index (χ1) is 12.8. The van der Waals surface area contributed by atoms with Crippen LogP contribution in [0.5, 0.6) is 0 Å². The molecule has 134 valence electrons. The van der Waals surface area contributed by atoms with Crippen LogP contribution in [0.2, 0.25) is 0 Å². The van der Waals surface area contributed by atoms with E-state index in [4.69, 9.17) is 0 Å². The fraction of sp³-hybridized carbons (Fsp3) is 0.318. The van der Waals surface area contributed by atoms with Gasteiger partial charge in [0.05, 0.1) is 12.2 Å². The summed E-state index contributed by atoms with van der Waals surface area (Å²) in [5.41, 5.74) is 3.84. The summed E-state index contributed by atoms with van der Waals surface area (Å²) in [6, 6.07) is 18.9. The van der Waals surface area contributed by atoms with Crippen molar-refractivity contribution in [2.75, 3.05) is 36.8 Å². The number of nitrogens with zero attached hydrogens (tertiary/aromatic N) is 2. The molecule has 4 rings (SSSR count). The summed E-state index contributed by atoms with van der Waals surface area (Å²) in [7, 11) is 0. The second-order valence-corrected chi connectivity index (χ2v) is 7.91. The van der Waals surface area contributed by atoms with Gasteiger partial charge in [-0.25, -0.2) is 0 Å². The lowest BCUT2D eigenvalue weighted by Gasteiger charge is -2.30. The number of benzene rings is 2. The Labute approximate surface area is 159 Å². The predicted octanol–water partition coefficient (Wildman–Crippen LogP) is 4.30. The molecule has 2 aromatic carbocycles. The average Bonchev–Trinajstić information content (AvgIpc) is 2.91. The molecule has 2 heterocycles. The standard InChI is InChI=1S/C22H24N2OS/c25-22(17-24-13-6-16-26-21-10-5-4-9-20(21)24)23-14-11-19(12-15-23)18-7-2-1-3-8-18/h1-5,7-11H,6,12-17H2. The molecule has 2 aliphatic heterocycles. The molecule has 0 aliphatic carbocycles. The molecule has 0 saturated carbocycles. The highest BCUT2D eigenvalue weighted by atomic mass is 32.2. The van der Waals surface area contributed by atoms with Gasteiger partial charge in [-0.3, -0.25) is 4.79 Å². The highest BCUT2D eigenvalue weighted by Gasteiger charge is 2.22. The lowest BCUT2D eigenvalue weighted by atomic mass is 9.99. The molecular formula is C22H24N2OS. The second kappa shape index (κ2) is 8.00. The molecule has 0 unspecified atom stereocenters. The number of carbonyl (C=O) groups is 1. The van der Waals surface area contributed by atoms with Crippen molar-refractivity contribution < 1.29 is 4.79 Å². The topological polar surface area (TPSA) is 23.6 Å². The maximum Gasteiger partial charge on any atom is 0.242 e. The van der Waals surface area contributed by atoms with Gasteiger partial charge < -0.3 is 9.80 Å². The zero-order valence-electron chi connectivity index (χ0n) is 14.9. The smallest absolute Gasteiger partial charge is 0.242 e. The summed E-state index contributed by atoms with van der Waals surface area (Å²) in [6.45, 7) is 2.96. The Morgan fingerprint density at radius 1 is 1.00 bits per heavy atom. The van der Waals surface area contributed by atoms with Gasteiger partial charge in [-0.2, -0.15) is 0 Å². The van der Waals surface area contributed by atoms with Crippen LogP contribution < -0.4 is 4.90 Å². The summed E-state index contributed by atoms with van der Waals surface area (Å²) in [6.07, 6.45) is 4.26. The van der Waals surface area contributed by atoms with E-state index in [-0.39, 0.29) is 5.91 Å². The Hall–Kier alpha value is -2.20. The fourth-order valence-corrected chi connectivity index (χ4v) is 4.65. The van der Waals surface area contributed by atoms with Gasteiger partial charge in [0, 0.05) is 24.5 Å². The van der Waals surface area contributed by atoms with E-state index in [1.165, 1.54) is 21.7 Å². The third-order valence-electron chi connectivity index (χ3n) is 5.07. The van der Waals surface area contributed by atoms with Crippen LogP contribution in [0.4, 0.5) is 5.69 Å². The van der Waals surface area contributed by atoms with E-state index in [1.54, 1.807) is 0 Å². The molecule has 2 aromatic rings. The molecule has 0 bridgehead atoms. The Bertz CT molecular complexity index is 803. The number of thioether (sulfide) groups is 1. The van der Waals surface area contributed by atoms with Gasteiger partial charge in [-0.1, -0.05) is 48.5 Å². The molecule has 0 radical (unpaired) electrons. The Morgan fingerprint density at radius 2 is 1.81 bits per heavy atom. The van der Waals surface area contributed by atoms with Crippen molar-refractivity contribution in [1.82, 2.24) is 4.90 Å². The minimum absolute atomic E-state index is 0.232. The number of anilines is 1. The molecule has 0 N–H and O–H groups in total. The van der Waals surface area contributed by atoms with Crippen molar-refractivity contribution in [3.63, 3.8) is 0 Å². The van der Waals surface area contributed by atoms with Crippen LogP contribution in [0, 0.1) is 0 Å². The van der Waals surface area contributed by atoms with Gasteiger partial charge in [0.25, 0.3) is 0 Å². The number of para-hydroxylation sites is 1.